The molecule has 172 valence electrons. The summed E-state index contributed by atoms with van der Waals surface area (Å²) in [6.45, 7) is 7.46. The molecule has 1 aliphatic carbocycles. The van der Waals surface area contributed by atoms with Crippen molar-refractivity contribution >= 4 is 17.7 Å². The van der Waals surface area contributed by atoms with Gasteiger partial charge in [-0.1, -0.05) is 77.3 Å². The molecule has 2 N–H and O–H groups in total. The Morgan fingerprint density at radius 2 is 1.61 bits per heavy atom. The molecular formula is C25H37NO5. The van der Waals surface area contributed by atoms with Crippen molar-refractivity contribution in [3.05, 3.63) is 35.9 Å². The molecule has 0 aliphatic heterocycles. The Hall–Kier alpha value is -2.21. The molecule has 6 heteroatoms. The Bertz CT molecular complexity index is 738. The molecule has 0 aromatic heterocycles. The van der Waals surface area contributed by atoms with E-state index in [1.54, 1.807) is 13.8 Å². The van der Waals surface area contributed by atoms with Crippen LogP contribution in [-0.4, -0.2) is 29.9 Å². The highest BCUT2D eigenvalue weighted by Gasteiger charge is 2.45. The van der Waals surface area contributed by atoms with E-state index < -0.39 is 23.5 Å². The monoisotopic (exact) mass is 431 g/mol. The lowest BCUT2D eigenvalue weighted by Gasteiger charge is -2.40. The number of ether oxygens (including phenoxy) is 2. The van der Waals surface area contributed by atoms with Crippen molar-refractivity contribution < 1.29 is 23.9 Å². The quantitative estimate of drug-likeness (QED) is 0.558. The van der Waals surface area contributed by atoms with Crippen molar-refractivity contribution in [2.45, 2.75) is 85.0 Å². The van der Waals surface area contributed by atoms with Crippen LogP contribution in [0.2, 0.25) is 0 Å². The maximum Gasteiger partial charge on any atom is 0.324 e. The summed E-state index contributed by atoms with van der Waals surface area (Å²) in [5.41, 5.74) is 6.62. The Labute approximate surface area is 185 Å². The van der Waals surface area contributed by atoms with Gasteiger partial charge in [0.2, 0.25) is 0 Å². The fourth-order valence-electron chi connectivity index (χ4n) is 4.23. The first-order valence-electron chi connectivity index (χ1n) is 11.4. The normalized spacial score (nSPS) is 17.8. The molecule has 0 radical (unpaired) electrons. The van der Waals surface area contributed by atoms with Gasteiger partial charge in [-0.05, 0) is 24.3 Å². The summed E-state index contributed by atoms with van der Waals surface area (Å²) in [6.07, 6.45) is 3.40. The summed E-state index contributed by atoms with van der Waals surface area (Å²) in [4.78, 5) is 38.2. The lowest BCUT2D eigenvalue weighted by molar-refractivity contribution is -0.165. The minimum atomic E-state index is -0.974. The van der Waals surface area contributed by atoms with E-state index in [1.807, 2.05) is 44.2 Å². The van der Waals surface area contributed by atoms with Gasteiger partial charge < -0.3 is 15.2 Å². The second kappa shape index (κ2) is 11.4. The van der Waals surface area contributed by atoms with Gasteiger partial charge in [-0.3, -0.25) is 14.4 Å². The predicted octanol–water partition coefficient (Wildman–Crippen LogP) is 4.19. The highest BCUT2D eigenvalue weighted by Crippen LogP contribution is 2.42. The summed E-state index contributed by atoms with van der Waals surface area (Å²) in [5.74, 6) is -1.48. The summed E-state index contributed by atoms with van der Waals surface area (Å²) in [5, 5.41) is 0. The van der Waals surface area contributed by atoms with Gasteiger partial charge in [-0.2, -0.15) is 0 Å². The van der Waals surface area contributed by atoms with Crippen molar-refractivity contribution in [3.8, 4) is 0 Å². The zero-order valence-electron chi connectivity index (χ0n) is 19.3. The van der Waals surface area contributed by atoms with E-state index >= 15 is 0 Å². The van der Waals surface area contributed by atoms with Crippen LogP contribution >= 0.6 is 0 Å². The zero-order chi connectivity index (χ0) is 23.0. The highest BCUT2D eigenvalue weighted by molar-refractivity contribution is 5.88. The number of benzene rings is 1. The summed E-state index contributed by atoms with van der Waals surface area (Å²) >= 11 is 0. The maximum absolute atomic E-state index is 13.0. The van der Waals surface area contributed by atoms with Gasteiger partial charge in [0.1, 0.15) is 12.6 Å². The zero-order valence-corrected chi connectivity index (χ0v) is 19.3. The number of Topliss-reactive ketones (excluding diaryl/α,β-unsaturated/α-hetero) is 1. The molecule has 0 amide bonds. The molecule has 0 spiro atoms. The topological polar surface area (TPSA) is 95.7 Å². The van der Waals surface area contributed by atoms with Crippen LogP contribution < -0.4 is 5.73 Å². The van der Waals surface area contributed by atoms with Crippen LogP contribution in [0.15, 0.2) is 30.3 Å². The van der Waals surface area contributed by atoms with Gasteiger partial charge in [0, 0.05) is 11.3 Å². The van der Waals surface area contributed by atoms with Crippen LogP contribution in [0.1, 0.15) is 71.8 Å². The molecule has 1 fully saturated rings. The molecule has 6 nitrogen and oxygen atoms in total. The highest BCUT2D eigenvalue weighted by atomic mass is 16.5. The van der Waals surface area contributed by atoms with Crippen molar-refractivity contribution in [3.63, 3.8) is 0 Å². The fraction of sp³-hybridized carbons (Fsp3) is 0.640. The van der Waals surface area contributed by atoms with E-state index in [9.17, 15) is 14.4 Å². The molecule has 0 saturated heterocycles. The largest absolute Gasteiger partial charge is 0.461 e. The summed E-state index contributed by atoms with van der Waals surface area (Å²) < 4.78 is 11.1. The number of esters is 2. The molecular weight excluding hydrogens is 394 g/mol. The number of rotatable bonds is 10. The predicted molar refractivity (Wildman–Crippen MR) is 119 cm³/mol. The number of hydrogen-bond acceptors (Lipinski definition) is 6. The van der Waals surface area contributed by atoms with E-state index in [2.05, 4.69) is 0 Å². The van der Waals surface area contributed by atoms with Gasteiger partial charge >= 0.3 is 11.9 Å². The van der Waals surface area contributed by atoms with Crippen molar-refractivity contribution in [2.75, 3.05) is 0 Å². The number of ketones is 1. The number of carbonyl (C=O) groups is 3. The minimum Gasteiger partial charge on any atom is -0.461 e. The molecule has 1 aliphatic rings. The second-order valence-electron chi connectivity index (χ2n) is 9.38. The Balaban J connectivity index is 2.09. The van der Waals surface area contributed by atoms with Gasteiger partial charge in [-0.15, -0.1) is 0 Å². The van der Waals surface area contributed by atoms with Crippen LogP contribution in [0.4, 0.5) is 0 Å². The molecule has 2 atom stereocenters. The van der Waals surface area contributed by atoms with Gasteiger partial charge in [0.15, 0.2) is 11.9 Å². The molecule has 2 rings (SSSR count). The maximum atomic E-state index is 13.0. The fourth-order valence-corrected chi connectivity index (χ4v) is 4.23. The van der Waals surface area contributed by atoms with E-state index in [4.69, 9.17) is 15.2 Å². The Morgan fingerprint density at radius 3 is 2.16 bits per heavy atom. The summed E-state index contributed by atoms with van der Waals surface area (Å²) in [7, 11) is 0. The number of carbonyl (C=O) groups excluding carboxylic acids is 3. The lowest BCUT2D eigenvalue weighted by Crippen LogP contribution is -2.52. The average molecular weight is 432 g/mol. The van der Waals surface area contributed by atoms with Crippen LogP contribution in [0.5, 0.6) is 0 Å². The summed E-state index contributed by atoms with van der Waals surface area (Å²) in [6, 6.07) is 8.50. The molecule has 0 bridgehead atoms. The van der Waals surface area contributed by atoms with Gasteiger partial charge in [0.25, 0.3) is 0 Å². The average Bonchev–Trinajstić information content (AvgIpc) is 2.76. The lowest BCUT2D eigenvalue weighted by atomic mass is 9.67. The van der Waals surface area contributed by atoms with Crippen LogP contribution in [-0.2, 0) is 30.5 Å². The third-order valence-corrected chi connectivity index (χ3v) is 6.20. The van der Waals surface area contributed by atoms with Crippen molar-refractivity contribution in [1.82, 2.24) is 0 Å². The molecule has 1 saturated carbocycles. The van der Waals surface area contributed by atoms with E-state index in [-0.39, 0.29) is 36.6 Å². The number of hydrogen-bond donors (Lipinski definition) is 1. The smallest absolute Gasteiger partial charge is 0.324 e. The molecule has 2 unspecified atom stereocenters. The van der Waals surface area contributed by atoms with Gasteiger partial charge in [0.05, 0.1) is 6.42 Å². The van der Waals surface area contributed by atoms with Crippen molar-refractivity contribution in [1.29, 1.82) is 0 Å². The minimum absolute atomic E-state index is 0.0700. The molecule has 1 aromatic rings. The molecule has 1 aromatic carbocycles. The molecule has 0 heterocycles. The molecule has 31 heavy (non-hydrogen) atoms. The SMILES string of the molecule is CC(C)C(=O)C(OC(=O)C(N)C1(CC(=O)OCc2ccccc2)CCCCC1)C(C)C. The third-order valence-electron chi connectivity index (χ3n) is 6.20. The Morgan fingerprint density at radius 1 is 1.00 bits per heavy atom. The second-order valence-corrected chi connectivity index (χ2v) is 9.38. The first kappa shape index (κ1) is 25.1. The van der Waals surface area contributed by atoms with Crippen LogP contribution in [0.25, 0.3) is 0 Å². The van der Waals surface area contributed by atoms with Crippen molar-refractivity contribution in [2.24, 2.45) is 23.0 Å². The first-order valence-corrected chi connectivity index (χ1v) is 11.4. The standard InChI is InChI=1S/C25H37NO5/c1-17(2)21(28)22(18(3)4)31-24(29)23(26)25(13-9-6-10-14-25)15-20(27)30-16-19-11-7-5-8-12-19/h5,7-8,11-12,17-18,22-23H,6,9-10,13-16,26H2,1-4H3. The first-order chi connectivity index (χ1) is 14.7. The van der Waals surface area contributed by atoms with E-state index in [0.29, 0.717) is 12.8 Å². The van der Waals surface area contributed by atoms with Crippen LogP contribution in [0.3, 0.4) is 0 Å². The van der Waals surface area contributed by atoms with Gasteiger partial charge in [-0.25, -0.2) is 0 Å². The Kier molecular flexibility index (Phi) is 9.23. The number of nitrogens with two attached hydrogens (primary N) is 1. The van der Waals surface area contributed by atoms with E-state index in [0.717, 1.165) is 24.8 Å². The van der Waals surface area contributed by atoms with Crippen LogP contribution in [0, 0.1) is 17.3 Å². The third kappa shape index (κ3) is 6.89. The van der Waals surface area contributed by atoms with E-state index in [1.165, 1.54) is 0 Å².